The Morgan fingerprint density at radius 3 is 2.29 bits per heavy atom. The molecule has 1 unspecified atom stereocenters. The second-order valence-electron chi connectivity index (χ2n) is 5.90. The molecular formula is C17H29NO3. The van der Waals surface area contributed by atoms with Crippen LogP contribution < -0.4 is 10.1 Å². The Balaban J connectivity index is 2.53. The van der Waals surface area contributed by atoms with E-state index >= 15 is 0 Å². The van der Waals surface area contributed by atoms with Crippen molar-refractivity contribution in [1.82, 2.24) is 5.32 Å². The van der Waals surface area contributed by atoms with Gasteiger partial charge in [0.2, 0.25) is 0 Å². The molecule has 1 aromatic carbocycles. The van der Waals surface area contributed by atoms with Crippen LogP contribution in [-0.4, -0.2) is 39.0 Å². The van der Waals surface area contributed by atoms with Crippen LogP contribution in [0.3, 0.4) is 0 Å². The van der Waals surface area contributed by atoms with E-state index in [0.717, 1.165) is 24.4 Å². The summed E-state index contributed by atoms with van der Waals surface area (Å²) in [6, 6.07) is 8.02. The minimum Gasteiger partial charge on any atom is -0.497 e. The van der Waals surface area contributed by atoms with Crippen LogP contribution in [0.15, 0.2) is 24.3 Å². The molecule has 4 heteroatoms. The quantitative estimate of drug-likeness (QED) is 0.710. The Morgan fingerprint density at radius 1 is 1.10 bits per heavy atom. The van der Waals surface area contributed by atoms with E-state index in [0.29, 0.717) is 13.2 Å². The molecule has 21 heavy (non-hydrogen) atoms. The van der Waals surface area contributed by atoms with Gasteiger partial charge in [0.05, 0.1) is 32.0 Å². The molecule has 4 nitrogen and oxygen atoms in total. The minimum absolute atomic E-state index is 0.0272. The van der Waals surface area contributed by atoms with E-state index in [9.17, 15) is 0 Å². The van der Waals surface area contributed by atoms with Crippen LogP contribution in [-0.2, 0) is 9.47 Å². The lowest BCUT2D eigenvalue weighted by Gasteiger charge is -2.22. The van der Waals surface area contributed by atoms with Crippen LogP contribution in [0.5, 0.6) is 5.75 Å². The number of likely N-dealkylation sites (N-methyl/N-ethyl adjacent to an activating group) is 1. The highest BCUT2D eigenvalue weighted by molar-refractivity contribution is 5.28. The van der Waals surface area contributed by atoms with Gasteiger partial charge in [0.1, 0.15) is 5.75 Å². The highest BCUT2D eigenvalue weighted by atomic mass is 16.5. The molecule has 1 N–H and O–H groups in total. The molecule has 0 spiro atoms. The Kier molecular flexibility index (Phi) is 7.72. The summed E-state index contributed by atoms with van der Waals surface area (Å²) in [5.74, 6) is 0.858. The SMILES string of the molecule is CCNCC(OCCOC(C)(C)C)c1ccc(OC)cc1. The van der Waals surface area contributed by atoms with E-state index in [1.807, 2.05) is 45.0 Å². The maximum atomic E-state index is 5.97. The molecule has 0 fully saturated rings. The fourth-order valence-electron chi connectivity index (χ4n) is 1.91. The number of hydrogen-bond acceptors (Lipinski definition) is 4. The van der Waals surface area contributed by atoms with E-state index in [1.54, 1.807) is 7.11 Å². The molecule has 0 saturated carbocycles. The van der Waals surface area contributed by atoms with Crippen LogP contribution >= 0.6 is 0 Å². The molecule has 0 saturated heterocycles. The van der Waals surface area contributed by atoms with Crippen molar-refractivity contribution in [2.45, 2.75) is 39.4 Å². The van der Waals surface area contributed by atoms with Crippen LogP contribution in [0.4, 0.5) is 0 Å². The Hall–Kier alpha value is -1.10. The van der Waals surface area contributed by atoms with Gasteiger partial charge in [0.25, 0.3) is 0 Å². The fraction of sp³-hybridized carbons (Fsp3) is 0.647. The summed E-state index contributed by atoms with van der Waals surface area (Å²) in [6.07, 6.45) is 0.0272. The normalized spacial score (nSPS) is 13.2. The molecule has 0 amide bonds. The van der Waals surface area contributed by atoms with Crippen molar-refractivity contribution in [2.24, 2.45) is 0 Å². The summed E-state index contributed by atoms with van der Waals surface area (Å²) >= 11 is 0. The van der Waals surface area contributed by atoms with Gasteiger partial charge in [-0.3, -0.25) is 0 Å². The largest absolute Gasteiger partial charge is 0.497 e. The maximum absolute atomic E-state index is 5.97. The first-order valence-electron chi connectivity index (χ1n) is 7.56. The summed E-state index contributed by atoms with van der Waals surface area (Å²) in [4.78, 5) is 0. The summed E-state index contributed by atoms with van der Waals surface area (Å²) < 4.78 is 16.9. The Labute approximate surface area is 128 Å². The number of hydrogen-bond donors (Lipinski definition) is 1. The number of nitrogens with one attached hydrogen (secondary N) is 1. The molecule has 0 aliphatic carbocycles. The van der Waals surface area contributed by atoms with Crippen LogP contribution in [0.2, 0.25) is 0 Å². The van der Waals surface area contributed by atoms with E-state index in [4.69, 9.17) is 14.2 Å². The van der Waals surface area contributed by atoms with Crippen molar-refractivity contribution in [3.63, 3.8) is 0 Å². The van der Waals surface area contributed by atoms with Gasteiger partial charge in [-0.25, -0.2) is 0 Å². The molecule has 0 heterocycles. The van der Waals surface area contributed by atoms with Crippen molar-refractivity contribution in [3.8, 4) is 5.75 Å². The summed E-state index contributed by atoms with van der Waals surface area (Å²) in [5.41, 5.74) is 1.02. The van der Waals surface area contributed by atoms with Gasteiger partial charge >= 0.3 is 0 Å². The van der Waals surface area contributed by atoms with Gasteiger partial charge in [0.15, 0.2) is 0 Å². The molecule has 0 aliphatic rings. The van der Waals surface area contributed by atoms with Gasteiger partial charge < -0.3 is 19.5 Å². The third-order valence-corrected chi connectivity index (χ3v) is 3.00. The first-order chi connectivity index (χ1) is 9.96. The van der Waals surface area contributed by atoms with E-state index in [-0.39, 0.29) is 11.7 Å². The zero-order chi connectivity index (χ0) is 15.7. The average molecular weight is 295 g/mol. The third kappa shape index (κ3) is 7.46. The molecule has 0 aromatic heterocycles. The lowest BCUT2D eigenvalue weighted by atomic mass is 10.1. The van der Waals surface area contributed by atoms with Crippen LogP contribution in [0.1, 0.15) is 39.4 Å². The van der Waals surface area contributed by atoms with Crippen molar-refractivity contribution < 1.29 is 14.2 Å². The van der Waals surface area contributed by atoms with Crippen molar-refractivity contribution in [1.29, 1.82) is 0 Å². The topological polar surface area (TPSA) is 39.7 Å². The standard InChI is InChI=1S/C17H29NO3/c1-6-18-13-16(20-11-12-21-17(2,3)4)14-7-9-15(19-5)10-8-14/h7-10,16,18H,6,11-13H2,1-5H3. The Bertz CT molecular complexity index is 384. The molecule has 120 valence electrons. The predicted molar refractivity (Wildman–Crippen MR) is 85.9 cm³/mol. The highest BCUT2D eigenvalue weighted by Gasteiger charge is 2.13. The fourth-order valence-corrected chi connectivity index (χ4v) is 1.91. The van der Waals surface area contributed by atoms with Crippen molar-refractivity contribution in [3.05, 3.63) is 29.8 Å². The van der Waals surface area contributed by atoms with Crippen molar-refractivity contribution >= 4 is 0 Å². The monoisotopic (exact) mass is 295 g/mol. The molecule has 0 radical (unpaired) electrons. The zero-order valence-electron chi connectivity index (χ0n) is 13.9. The molecule has 1 atom stereocenters. The smallest absolute Gasteiger partial charge is 0.118 e. The molecule has 1 rings (SSSR count). The highest BCUT2D eigenvalue weighted by Crippen LogP contribution is 2.20. The zero-order valence-corrected chi connectivity index (χ0v) is 13.9. The van der Waals surface area contributed by atoms with Crippen LogP contribution in [0, 0.1) is 0 Å². The van der Waals surface area contributed by atoms with E-state index < -0.39 is 0 Å². The average Bonchev–Trinajstić information content (AvgIpc) is 2.45. The lowest BCUT2D eigenvalue weighted by Crippen LogP contribution is -2.26. The number of ether oxygens (including phenoxy) is 3. The minimum atomic E-state index is -0.124. The molecule has 1 aromatic rings. The van der Waals surface area contributed by atoms with Gasteiger partial charge in [-0.15, -0.1) is 0 Å². The van der Waals surface area contributed by atoms with Gasteiger partial charge in [-0.1, -0.05) is 19.1 Å². The van der Waals surface area contributed by atoms with Crippen molar-refractivity contribution in [2.75, 3.05) is 33.4 Å². The Morgan fingerprint density at radius 2 is 1.76 bits per heavy atom. The maximum Gasteiger partial charge on any atom is 0.118 e. The lowest BCUT2D eigenvalue weighted by molar-refractivity contribution is -0.0518. The van der Waals surface area contributed by atoms with Gasteiger partial charge in [-0.2, -0.15) is 0 Å². The number of benzene rings is 1. The first-order valence-corrected chi connectivity index (χ1v) is 7.56. The number of methoxy groups -OCH3 is 1. The summed E-state index contributed by atoms with van der Waals surface area (Å²) in [5, 5.41) is 3.34. The molecule has 0 aliphatic heterocycles. The molecular weight excluding hydrogens is 266 g/mol. The summed E-state index contributed by atoms with van der Waals surface area (Å²) in [7, 11) is 1.67. The van der Waals surface area contributed by atoms with E-state index in [2.05, 4.69) is 12.2 Å². The third-order valence-electron chi connectivity index (χ3n) is 3.00. The van der Waals surface area contributed by atoms with E-state index in [1.165, 1.54) is 0 Å². The second-order valence-corrected chi connectivity index (χ2v) is 5.90. The van der Waals surface area contributed by atoms with Crippen LogP contribution in [0.25, 0.3) is 0 Å². The first kappa shape index (κ1) is 18.0. The molecule has 0 bridgehead atoms. The predicted octanol–water partition coefficient (Wildman–Crippen LogP) is 3.18. The van der Waals surface area contributed by atoms with Gasteiger partial charge in [-0.05, 0) is 45.0 Å². The summed E-state index contributed by atoms with van der Waals surface area (Å²) in [6.45, 7) is 11.1. The number of rotatable bonds is 9. The second kappa shape index (κ2) is 9.03. The van der Waals surface area contributed by atoms with Gasteiger partial charge in [0, 0.05) is 6.54 Å².